The van der Waals surface area contributed by atoms with Gasteiger partial charge in [0.2, 0.25) is 0 Å². The maximum absolute atomic E-state index is 13.3. The Morgan fingerprint density at radius 3 is 2.28 bits per heavy atom. The molecule has 0 saturated heterocycles. The summed E-state index contributed by atoms with van der Waals surface area (Å²) in [5.41, 5.74) is 2.67. The van der Waals surface area contributed by atoms with Crippen molar-refractivity contribution in [3.8, 4) is 29.0 Å². The van der Waals surface area contributed by atoms with Gasteiger partial charge >= 0.3 is 0 Å². The maximum Gasteiger partial charge on any atom is 0.159 e. The van der Waals surface area contributed by atoms with E-state index in [4.69, 9.17) is 4.74 Å². The molecule has 0 aliphatic heterocycles. The fraction of sp³-hybridized carbons (Fsp3) is 0.0400. The van der Waals surface area contributed by atoms with Crippen molar-refractivity contribution in [2.45, 2.75) is 0 Å². The fourth-order valence-electron chi connectivity index (χ4n) is 2.84. The van der Waals surface area contributed by atoms with Crippen LogP contribution in [0.4, 0.5) is 4.39 Å². The Balaban J connectivity index is 1.50. The van der Waals surface area contributed by atoms with Crippen LogP contribution in [0.15, 0.2) is 85.7 Å². The summed E-state index contributed by atoms with van der Waals surface area (Å²) < 4.78 is 18.7. The van der Waals surface area contributed by atoms with Crippen LogP contribution in [-0.4, -0.2) is 16.6 Å². The second-order valence-corrected chi connectivity index (χ2v) is 6.38. The number of hydrogen-bond acceptors (Lipinski definition) is 3. The minimum Gasteiger partial charge on any atom is -0.486 e. The van der Waals surface area contributed by atoms with Crippen molar-refractivity contribution in [2.75, 3.05) is 6.61 Å². The highest BCUT2D eigenvalue weighted by Crippen LogP contribution is 2.18. The van der Waals surface area contributed by atoms with E-state index in [1.54, 1.807) is 24.5 Å². The maximum atomic E-state index is 13.3. The van der Waals surface area contributed by atoms with Crippen LogP contribution in [0.3, 0.4) is 0 Å². The van der Waals surface area contributed by atoms with E-state index in [0.29, 0.717) is 18.2 Å². The number of ether oxygens (including phenoxy) is 1. The van der Waals surface area contributed by atoms with Gasteiger partial charge in [0.1, 0.15) is 12.4 Å². The summed E-state index contributed by atoms with van der Waals surface area (Å²) in [6.45, 7) is 4.03. The third-order valence-corrected chi connectivity index (χ3v) is 4.29. The molecule has 1 aromatic heterocycles. The van der Waals surface area contributed by atoms with Crippen molar-refractivity contribution >= 4 is 10.8 Å². The smallest absolute Gasteiger partial charge is 0.159 e. The quantitative estimate of drug-likeness (QED) is 0.351. The SMILES string of the molecule is C=CCOc1cnc(-c2ccc(C#Cc3ccc4cc(F)ccc4c3)cc2)nc1. The van der Waals surface area contributed by atoms with Crippen molar-refractivity contribution < 1.29 is 9.13 Å². The molecule has 0 bridgehead atoms. The predicted octanol–water partition coefficient (Wildman–Crippen LogP) is 5.40. The summed E-state index contributed by atoms with van der Waals surface area (Å²) in [5, 5.41) is 1.83. The van der Waals surface area contributed by atoms with Crippen molar-refractivity contribution in [2.24, 2.45) is 0 Å². The molecule has 0 N–H and O–H groups in total. The highest BCUT2D eigenvalue weighted by atomic mass is 19.1. The Kier molecular flexibility index (Phi) is 5.31. The molecule has 3 aromatic carbocycles. The normalized spacial score (nSPS) is 10.2. The van der Waals surface area contributed by atoms with Gasteiger partial charge < -0.3 is 4.74 Å². The molecule has 0 aliphatic rings. The molecule has 29 heavy (non-hydrogen) atoms. The zero-order chi connectivity index (χ0) is 20.1. The van der Waals surface area contributed by atoms with E-state index in [1.807, 2.05) is 42.5 Å². The van der Waals surface area contributed by atoms with Gasteiger partial charge in [0.05, 0.1) is 12.4 Å². The predicted molar refractivity (Wildman–Crippen MR) is 113 cm³/mol. The lowest BCUT2D eigenvalue weighted by Gasteiger charge is -2.03. The molecule has 0 atom stereocenters. The van der Waals surface area contributed by atoms with Crippen molar-refractivity contribution in [3.63, 3.8) is 0 Å². The molecule has 4 rings (SSSR count). The summed E-state index contributed by atoms with van der Waals surface area (Å²) in [5.74, 6) is 7.30. The number of fused-ring (bicyclic) bond motifs is 1. The van der Waals surface area contributed by atoms with Gasteiger partial charge in [0.25, 0.3) is 0 Å². The summed E-state index contributed by atoms with van der Waals surface area (Å²) in [4.78, 5) is 8.65. The molecule has 4 aromatic rings. The third-order valence-electron chi connectivity index (χ3n) is 4.29. The minimum absolute atomic E-state index is 0.237. The Labute approximate surface area is 168 Å². The summed E-state index contributed by atoms with van der Waals surface area (Å²) in [6, 6.07) is 18.2. The van der Waals surface area contributed by atoms with Crippen LogP contribution >= 0.6 is 0 Å². The molecule has 140 valence electrons. The van der Waals surface area contributed by atoms with Crippen LogP contribution in [0, 0.1) is 17.7 Å². The Bertz CT molecular complexity index is 1220. The first-order valence-corrected chi connectivity index (χ1v) is 9.09. The van der Waals surface area contributed by atoms with E-state index in [0.717, 1.165) is 27.5 Å². The molecule has 0 saturated carbocycles. The lowest BCUT2D eigenvalue weighted by Crippen LogP contribution is -1.95. The van der Waals surface area contributed by atoms with Gasteiger partial charge in [-0.15, -0.1) is 0 Å². The number of halogens is 1. The first kappa shape index (κ1) is 18.4. The molecule has 0 fully saturated rings. The van der Waals surface area contributed by atoms with Crippen molar-refractivity contribution in [1.82, 2.24) is 9.97 Å². The van der Waals surface area contributed by atoms with E-state index in [1.165, 1.54) is 12.1 Å². The minimum atomic E-state index is -0.237. The van der Waals surface area contributed by atoms with Crippen molar-refractivity contribution in [3.05, 3.63) is 103 Å². The number of nitrogens with zero attached hydrogens (tertiary/aromatic N) is 2. The topological polar surface area (TPSA) is 35.0 Å². The molecular weight excluding hydrogens is 363 g/mol. The Hall–Kier alpha value is -3.97. The second-order valence-electron chi connectivity index (χ2n) is 6.38. The number of hydrogen-bond donors (Lipinski definition) is 0. The van der Waals surface area contributed by atoms with Gasteiger partial charge in [0.15, 0.2) is 11.6 Å². The van der Waals surface area contributed by atoms with E-state index in [-0.39, 0.29) is 5.82 Å². The van der Waals surface area contributed by atoms with Gasteiger partial charge in [-0.25, -0.2) is 14.4 Å². The van der Waals surface area contributed by atoms with Gasteiger partial charge in [-0.1, -0.05) is 36.6 Å². The molecule has 0 spiro atoms. The average molecular weight is 380 g/mol. The molecule has 0 radical (unpaired) electrons. The average Bonchev–Trinajstić information content (AvgIpc) is 2.77. The van der Waals surface area contributed by atoms with Crippen LogP contribution in [0.2, 0.25) is 0 Å². The van der Waals surface area contributed by atoms with E-state index >= 15 is 0 Å². The summed E-state index contributed by atoms with van der Waals surface area (Å²) in [6.07, 6.45) is 4.96. The number of benzene rings is 3. The van der Waals surface area contributed by atoms with Crippen LogP contribution in [-0.2, 0) is 0 Å². The van der Waals surface area contributed by atoms with E-state index in [9.17, 15) is 4.39 Å². The first-order chi connectivity index (χ1) is 14.2. The zero-order valence-corrected chi connectivity index (χ0v) is 15.6. The summed E-state index contributed by atoms with van der Waals surface area (Å²) >= 11 is 0. The van der Waals surface area contributed by atoms with Crippen LogP contribution in [0.1, 0.15) is 11.1 Å². The van der Waals surface area contributed by atoms with Gasteiger partial charge in [-0.3, -0.25) is 0 Å². The highest BCUT2D eigenvalue weighted by Gasteiger charge is 2.02. The molecular formula is C25H17FN2O. The van der Waals surface area contributed by atoms with E-state index < -0.39 is 0 Å². The molecule has 0 unspecified atom stereocenters. The molecule has 0 aliphatic carbocycles. The van der Waals surface area contributed by atoms with Crippen LogP contribution in [0.5, 0.6) is 5.75 Å². The lowest BCUT2D eigenvalue weighted by molar-refractivity contribution is 0.360. The van der Waals surface area contributed by atoms with Crippen LogP contribution in [0.25, 0.3) is 22.2 Å². The third kappa shape index (κ3) is 4.48. The van der Waals surface area contributed by atoms with Gasteiger partial charge in [-0.2, -0.15) is 0 Å². The number of aromatic nitrogens is 2. The van der Waals surface area contributed by atoms with Gasteiger partial charge in [-0.05, 0) is 59.3 Å². The zero-order valence-electron chi connectivity index (χ0n) is 15.6. The molecule has 0 amide bonds. The standard InChI is InChI=1S/C25H17FN2O/c1-2-13-29-24-16-27-25(28-17-24)20-8-5-18(6-9-20)3-4-19-7-10-22-15-23(26)12-11-21(22)14-19/h2,5-12,14-17H,1,13H2. The summed E-state index contributed by atoms with van der Waals surface area (Å²) in [7, 11) is 0. The number of rotatable bonds is 4. The highest BCUT2D eigenvalue weighted by molar-refractivity contribution is 5.84. The fourth-order valence-corrected chi connectivity index (χ4v) is 2.84. The monoisotopic (exact) mass is 380 g/mol. The van der Waals surface area contributed by atoms with Crippen LogP contribution < -0.4 is 4.74 Å². The molecule has 4 heteroatoms. The molecule has 3 nitrogen and oxygen atoms in total. The Morgan fingerprint density at radius 1 is 0.862 bits per heavy atom. The van der Waals surface area contributed by atoms with Crippen molar-refractivity contribution in [1.29, 1.82) is 0 Å². The van der Waals surface area contributed by atoms with E-state index in [2.05, 4.69) is 28.4 Å². The lowest BCUT2D eigenvalue weighted by atomic mass is 10.1. The first-order valence-electron chi connectivity index (χ1n) is 9.09. The second kappa shape index (κ2) is 8.37. The molecule has 1 heterocycles. The Morgan fingerprint density at radius 2 is 1.52 bits per heavy atom. The van der Waals surface area contributed by atoms with Gasteiger partial charge in [0, 0.05) is 16.7 Å². The largest absolute Gasteiger partial charge is 0.486 e.